The molecule has 1 atom stereocenters. The standard InChI is InChI=1S/C27H31ClN4O7/c1-5-32(15-24(33)29-10-11-31(3)4)26(35)16(2)38-18-7-9-20-21(14-25(34)39-23(20)13-18)19-8-6-17(12-22(19)28)30-27(36)37/h6-9,12-14,16,30H,5,10-11,15H2,1-4H3,(H,29,33)(H,36,37). The Labute approximate surface area is 230 Å². The van der Waals surface area contributed by atoms with Gasteiger partial charge in [0.15, 0.2) is 6.10 Å². The fourth-order valence-corrected chi connectivity index (χ4v) is 4.16. The van der Waals surface area contributed by atoms with Crippen molar-refractivity contribution >= 4 is 46.2 Å². The molecule has 3 N–H and O–H groups in total. The summed E-state index contributed by atoms with van der Waals surface area (Å²) in [4.78, 5) is 51.8. The van der Waals surface area contributed by atoms with Crippen molar-refractivity contribution < 1.29 is 28.6 Å². The molecule has 3 amide bonds. The van der Waals surface area contributed by atoms with Gasteiger partial charge in [0.2, 0.25) is 5.91 Å². The smallest absolute Gasteiger partial charge is 0.409 e. The number of fused-ring (bicyclic) bond motifs is 1. The van der Waals surface area contributed by atoms with Gasteiger partial charge in [-0.2, -0.15) is 0 Å². The highest BCUT2D eigenvalue weighted by atomic mass is 35.5. The van der Waals surface area contributed by atoms with Crippen molar-refractivity contribution in [2.24, 2.45) is 0 Å². The van der Waals surface area contributed by atoms with E-state index in [1.165, 1.54) is 29.2 Å². The third-order valence-electron chi connectivity index (χ3n) is 5.80. The average Bonchev–Trinajstić information content (AvgIpc) is 2.85. The quantitative estimate of drug-likeness (QED) is 0.304. The summed E-state index contributed by atoms with van der Waals surface area (Å²) < 4.78 is 11.2. The van der Waals surface area contributed by atoms with Crippen molar-refractivity contribution in [1.29, 1.82) is 0 Å². The second-order valence-electron chi connectivity index (χ2n) is 9.03. The van der Waals surface area contributed by atoms with Crippen LogP contribution in [0.2, 0.25) is 5.02 Å². The van der Waals surface area contributed by atoms with Crippen LogP contribution in [0.3, 0.4) is 0 Å². The molecule has 12 heteroatoms. The van der Waals surface area contributed by atoms with Crippen LogP contribution in [0.4, 0.5) is 10.5 Å². The summed E-state index contributed by atoms with van der Waals surface area (Å²) in [5.41, 5.74) is 0.863. The van der Waals surface area contributed by atoms with E-state index in [2.05, 4.69) is 10.6 Å². The number of hydrogen-bond donors (Lipinski definition) is 3. The van der Waals surface area contributed by atoms with Gasteiger partial charge in [0.25, 0.3) is 5.91 Å². The Balaban J connectivity index is 1.78. The van der Waals surface area contributed by atoms with Crippen molar-refractivity contribution in [3.05, 3.63) is 57.9 Å². The highest BCUT2D eigenvalue weighted by Crippen LogP contribution is 2.35. The molecule has 1 aromatic heterocycles. The zero-order valence-electron chi connectivity index (χ0n) is 22.1. The predicted octanol–water partition coefficient (Wildman–Crippen LogP) is 3.50. The monoisotopic (exact) mass is 558 g/mol. The highest BCUT2D eigenvalue weighted by molar-refractivity contribution is 6.34. The number of anilines is 1. The van der Waals surface area contributed by atoms with E-state index in [0.717, 1.165) is 0 Å². The maximum atomic E-state index is 13.0. The van der Waals surface area contributed by atoms with E-state index < -0.39 is 17.8 Å². The molecule has 3 rings (SSSR count). The molecule has 11 nitrogen and oxygen atoms in total. The van der Waals surface area contributed by atoms with Crippen LogP contribution < -0.4 is 21.0 Å². The molecule has 0 saturated heterocycles. The Hall–Kier alpha value is -4.09. The lowest BCUT2D eigenvalue weighted by Gasteiger charge is -2.24. The van der Waals surface area contributed by atoms with Crippen LogP contribution in [-0.2, 0) is 9.59 Å². The SMILES string of the molecule is CCN(CC(=O)NCCN(C)C)C(=O)C(C)Oc1ccc2c(-c3ccc(NC(=O)O)cc3Cl)cc(=O)oc2c1. The van der Waals surface area contributed by atoms with Crippen LogP contribution in [0, 0.1) is 0 Å². The molecule has 0 spiro atoms. The molecule has 0 aliphatic rings. The third kappa shape index (κ3) is 7.95. The van der Waals surface area contributed by atoms with E-state index >= 15 is 0 Å². The van der Waals surface area contributed by atoms with E-state index in [0.29, 0.717) is 41.9 Å². The molecule has 3 aromatic rings. The Morgan fingerprint density at radius 2 is 1.85 bits per heavy atom. The van der Waals surface area contributed by atoms with Crippen molar-refractivity contribution in [2.45, 2.75) is 20.0 Å². The second-order valence-corrected chi connectivity index (χ2v) is 9.43. The Bertz CT molecular complexity index is 1420. The van der Waals surface area contributed by atoms with Crippen LogP contribution in [0.5, 0.6) is 5.75 Å². The lowest BCUT2D eigenvalue weighted by molar-refractivity contribution is -0.141. The van der Waals surface area contributed by atoms with Crippen molar-refractivity contribution in [1.82, 2.24) is 15.1 Å². The van der Waals surface area contributed by atoms with Crippen LogP contribution in [0.1, 0.15) is 13.8 Å². The first-order valence-corrected chi connectivity index (χ1v) is 12.6. The van der Waals surface area contributed by atoms with Crippen LogP contribution in [-0.4, -0.2) is 79.2 Å². The first-order valence-electron chi connectivity index (χ1n) is 12.2. The van der Waals surface area contributed by atoms with E-state index in [4.69, 9.17) is 25.9 Å². The number of amides is 3. The second kappa shape index (κ2) is 13.1. The summed E-state index contributed by atoms with van der Waals surface area (Å²) in [6.45, 7) is 4.75. The van der Waals surface area contributed by atoms with Gasteiger partial charge in [0, 0.05) is 54.0 Å². The fourth-order valence-electron chi connectivity index (χ4n) is 3.88. The maximum absolute atomic E-state index is 13.0. The molecule has 1 unspecified atom stereocenters. The highest BCUT2D eigenvalue weighted by Gasteiger charge is 2.23. The van der Waals surface area contributed by atoms with Gasteiger partial charge in [-0.15, -0.1) is 0 Å². The number of nitrogens with one attached hydrogen (secondary N) is 2. The Kier molecular flexibility index (Phi) is 9.91. The molecular formula is C27H31ClN4O7. The van der Waals surface area contributed by atoms with Crippen molar-refractivity contribution in [3.63, 3.8) is 0 Å². The zero-order valence-corrected chi connectivity index (χ0v) is 22.9. The Morgan fingerprint density at radius 1 is 1.10 bits per heavy atom. The number of rotatable bonds is 11. The number of nitrogens with zero attached hydrogens (tertiary/aromatic N) is 2. The van der Waals surface area contributed by atoms with E-state index in [1.807, 2.05) is 19.0 Å². The van der Waals surface area contributed by atoms with E-state index in [1.54, 1.807) is 32.0 Å². The normalized spacial score (nSPS) is 11.7. The minimum atomic E-state index is -1.23. The molecule has 208 valence electrons. The minimum absolute atomic E-state index is 0.0893. The molecule has 0 aliphatic carbocycles. The van der Waals surface area contributed by atoms with Gasteiger partial charge in [-0.05, 0) is 52.2 Å². The van der Waals surface area contributed by atoms with Gasteiger partial charge in [-0.1, -0.05) is 17.7 Å². The maximum Gasteiger partial charge on any atom is 0.409 e. The molecule has 0 radical (unpaired) electrons. The average molecular weight is 559 g/mol. The van der Waals surface area contributed by atoms with E-state index in [-0.39, 0.29) is 34.7 Å². The summed E-state index contributed by atoms with van der Waals surface area (Å²) in [7, 11) is 3.81. The van der Waals surface area contributed by atoms with Gasteiger partial charge >= 0.3 is 11.7 Å². The van der Waals surface area contributed by atoms with Gasteiger partial charge in [0.05, 0.1) is 11.6 Å². The molecule has 0 fully saturated rings. The number of hydrogen-bond acceptors (Lipinski definition) is 7. The summed E-state index contributed by atoms with van der Waals surface area (Å²) >= 11 is 6.39. The first kappa shape index (κ1) is 29.5. The molecule has 2 aromatic carbocycles. The van der Waals surface area contributed by atoms with Crippen LogP contribution in [0.25, 0.3) is 22.1 Å². The molecular weight excluding hydrogens is 528 g/mol. The minimum Gasteiger partial charge on any atom is -0.481 e. The summed E-state index contributed by atoms with van der Waals surface area (Å²) in [6, 6.07) is 10.7. The summed E-state index contributed by atoms with van der Waals surface area (Å²) in [5.74, 6) is -0.329. The molecule has 0 saturated carbocycles. The fraction of sp³-hybridized carbons (Fsp3) is 0.333. The topological polar surface area (TPSA) is 141 Å². The van der Waals surface area contributed by atoms with Gasteiger partial charge < -0.3 is 29.4 Å². The number of carboxylic acid groups (broad SMARTS) is 1. The number of carbonyl (C=O) groups excluding carboxylic acids is 2. The number of carbonyl (C=O) groups is 3. The van der Waals surface area contributed by atoms with E-state index in [9.17, 15) is 19.2 Å². The number of likely N-dealkylation sites (N-methyl/N-ethyl adjacent to an activating group) is 2. The van der Waals surface area contributed by atoms with Gasteiger partial charge in [-0.25, -0.2) is 9.59 Å². The van der Waals surface area contributed by atoms with Gasteiger partial charge in [-0.3, -0.25) is 14.9 Å². The largest absolute Gasteiger partial charge is 0.481 e. The van der Waals surface area contributed by atoms with Crippen LogP contribution in [0.15, 0.2) is 51.7 Å². The predicted molar refractivity (Wildman–Crippen MR) is 148 cm³/mol. The lowest BCUT2D eigenvalue weighted by atomic mass is 10.0. The number of benzene rings is 2. The first-order chi connectivity index (χ1) is 18.5. The Morgan fingerprint density at radius 3 is 2.49 bits per heavy atom. The molecule has 39 heavy (non-hydrogen) atoms. The zero-order chi connectivity index (χ0) is 28.7. The van der Waals surface area contributed by atoms with Crippen molar-refractivity contribution in [3.8, 4) is 16.9 Å². The molecule has 0 bridgehead atoms. The summed E-state index contributed by atoms with van der Waals surface area (Å²) in [6.07, 6.45) is -2.13. The lowest BCUT2D eigenvalue weighted by Crippen LogP contribution is -2.46. The number of halogens is 1. The third-order valence-corrected chi connectivity index (χ3v) is 6.11. The molecule has 0 aliphatic heterocycles. The summed E-state index contributed by atoms with van der Waals surface area (Å²) in [5, 5.41) is 14.7. The molecule has 1 heterocycles. The van der Waals surface area contributed by atoms with Gasteiger partial charge in [0.1, 0.15) is 11.3 Å². The number of ether oxygens (including phenoxy) is 1. The van der Waals surface area contributed by atoms with Crippen LogP contribution >= 0.6 is 11.6 Å². The van der Waals surface area contributed by atoms with Crippen molar-refractivity contribution in [2.75, 3.05) is 45.6 Å².